The lowest BCUT2D eigenvalue weighted by Gasteiger charge is -2.30. The number of ether oxygens (including phenoxy) is 1. The summed E-state index contributed by atoms with van der Waals surface area (Å²) in [6.45, 7) is 2.52. The summed E-state index contributed by atoms with van der Waals surface area (Å²) in [7, 11) is 0. The maximum atomic E-state index is 6.21. The van der Waals surface area contributed by atoms with Gasteiger partial charge >= 0.3 is 0 Å². The predicted octanol–water partition coefficient (Wildman–Crippen LogP) is 2.71. The number of nitrogens with two attached hydrogens (primary N) is 1. The third-order valence-electron chi connectivity index (χ3n) is 3.96. The van der Waals surface area contributed by atoms with Crippen LogP contribution in [0.3, 0.4) is 0 Å². The minimum atomic E-state index is 0.168. The maximum Gasteiger partial charge on any atom is 0.258 e. The molecule has 1 aliphatic rings. The smallest absolute Gasteiger partial charge is 0.258 e. The second-order valence-electron chi connectivity index (χ2n) is 5.50. The van der Waals surface area contributed by atoms with Crippen molar-refractivity contribution >= 4 is 16.9 Å². The molecule has 5 heteroatoms. The van der Waals surface area contributed by atoms with Crippen LogP contribution in [0.1, 0.15) is 32.6 Å². The average molecular weight is 286 g/mol. The Balaban J connectivity index is 1.92. The summed E-state index contributed by atoms with van der Waals surface area (Å²) in [5.41, 5.74) is 7.93. The minimum absolute atomic E-state index is 0.168. The monoisotopic (exact) mass is 286 g/mol. The van der Waals surface area contributed by atoms with Gasteiger partial charge in [-0.25, -0.2) is 9.97 Å². The van der Waals surface area contributed by atoms with Crippen molar-refractivity contribution < 1.29 is 4.74 Å². The molecular weight excluding hydrogens is 264 g/mol. The Kier molecular flexibility index (Phi) is 4.20. The predicted molar refractivity (Wildman–Crippen MR) is 84.6 cm³/mol. The molecule has 0 bridgehead atoms. The first-order valence-corrected chi connectivity index (χ1v) is 7.69. The standard InChI is InChI=1S/C16H22N4O/c1-2-21-16-15(18-12-8-4-3-7-11(12)17)19-13-9-5-6-10-14(13)20-16/h5-6,9-12H,2-4,7-8,17H2,1H3,(H,18,19)/t11-,12+/m1/s1. The fourth-order valence-electron chi connectivity index (χ4n) is 2.83. The third kappa shape index (κ3) is 3.08. The number of anilines is 1. The number of nitrogens with zero attached hydrogens (tertiary/aromatic N) is 2. The zero-order valence-corrected chi connectivity index (χ0v) is 12.4. The zero-order chi connectivity index (χ0) is 14.7. The van der Waals surface area contributed by atoms with E-state index in [0.29, 0.717) is 18.3 Å². The number of nitrogens with one attached hydrogen (secondary N) is 1. The topological polar surface area (TPSA) is 73.1 Å². The second kappa shape index (κ2) is 6.26. The van der Waals surface area contributed by atoms with Gasteiger partial charge in [0.2, 0.25) is 0 Å². The van der Waals surface area contributed by atoms with E-state index in [1.165, 1.54) is 12.8 Å². The lowest BCUT2D eigenvalue weighted by atomic mass is 9.91. The van der Waals surface area contributed by atoms with E-state index in [0.717, 1.165) is 23.9 Å². The van der Waals surface area contributed by atoms with Crippen molar-refractivity contribution in [2.45, 2.75) is 44.7 Å². The maximum absolute atomic E-state index is 6.21. The number of hydrogen-bond acceptors (Lipinski definition) is 5. The quantitative estimate of drug-likeness (QED) is 0.904. The molecule has 3 N–H and O–H groups in total. The molecule has 1 saturated carbocycles. The fraction of sp³-hybridized carbons (Fsp3) is 0.500. The molecule has 0 amide bonds. The molecule has 1 fully saturated rings. The van der Waals surface area contributed by atoms with Crippen LogP contribution in [-0.4, -0.2) is 28.7 Å². The van der Waals surface area contributed by atoms with Crippen LogP contribution in [0.5, 0.6) is 5.88 Å². The van der Waals surface area contributed by atoms with Gasteiger partial charge in [0.1, 0.15) is 0 Å². The van der Waals surface area contributed by atoms with Crippen molar-refractivity contribution in [1.82, 2.24) is 9.97 Å². The molecule has 112 valence electrons. The molecule has 0 unspecified atom stereocenters. The van der Waals surface area contributed by atoms with E-state index in [9.17, 15) is 0 Å². The van der Waals surface area contributed by atoms with Crippen LogP contribution in [0.4, 0.5) is 5.82 Å². The molecule has 1 aromatic heterocycles. The molecule has 1 aliphatic carbocycles. The zero-order valence-electron chi connectivity index (χ0n) is 12.4. The highest BCUT2D eigenvalue weighted by atomic mass is 16.5. The molecule has 1 aromatic carbocycles. The highest BCUT2D eigenvalue weighted by Gasteiger charge is 2.23. The fourth-order valence-corrected chi connectivity index (χ4v) is 2.83. The van der Waals surface area contributed by atoms with E-state index in [4.69, 9.17) is 10.5 Å². The van der Waals surface area contributed by atoms with Crippen molar-refractivity contribution in [3.63, 3.8) is 0 Å². The van der Waals surface area contributed by atoms with E-state index in [-0.39, 0.29) is 12.1 Å². The van der Waals surface area contributed by atoms with Crippen molar-refractivity contribution in [2.24, 2.45) is 5.73 Å². The van der Waals surface area contributed by atoms with Crippen molar-refractivity contribution in [3.8, 4) is 5.88 Å². The van der Waals surface area contributed by atoms with Gasteiger partial charge in [0.15, 0.2) is 5.82 Å². The van der Waals surface area contributed by atoms with Gasteiger partial charge in [-0.15, -0.1) is 0 Å². The molecule has 0 spiro atoms. The highest BCUT2D eigenvalue weighted by Crippen LogP contribution is 2.27. The summed E-state index contributed by atoms with van der Waals surface area (Å²) in [5, 5.41) is 3.45. The normalized spacial score (nSPS) is 22.2. The minimum Gasteiger partial charge on any atom is -0.475 e. The van der Waals surface area contributed by atoms with Crippen LogP contribution in [0.25, 0.3) is 11.0 Å². The molecule has 21 heavy (non-hydrogen) atoms. The Morgan fingerprint density at radius 3 is 2.62 bits per heavy atom. The van der Waals surface area contributed by atoms with Gasteiger partial charge in [-0.2, -0.15) is 0 Å². The number of para-hydroxylation sites is 2. The van der Waals surface area contributed by atoms with E-state index in [1.807, 2.05) is 31.2 Å². The number of aromatic nitrogens is 2. The Bertz CT molecular complexity index is 616. The van der Waals surface area contributed by atoms with Crippen LogP contribution in [0.15, 0.2) is 24.3 Å². The molecule has 3 rings (SSSR count). The van der Waals surface area contributed by atoms with Crippen molar-refractivity contribution in [2.75, 3.05) is 11.9 Å². The number of hydrogen-bond donors (Lipinski definition) is 2. The summed E-state index contributed by atoms with van der Waals surface area (Å²) in [6, 6.07) is 8.24. The van der Waals surface area contributed by atoms with Gasteiger partial charge in [0.05, 0.1) is 17.6 Å². The summed E-state index contributed by atoms with van der Waals surface area (Å²) in [5.74, 6) is 1.27. The first kappa shape index (κ1) is 14.1. The van der Waals surface area contributed by atoms with Gasteiger partial charge in [-0.05, 0) is 31.9 Å². The molecule has 0 radical (unpaired) electrons. The summed E-state index contributed by atoms with van der Waals surface area (Å²) in [4.78, 5) is 9.24. The summed E-state index contributed by atoms with van der Waals surface area (Å²) >= 11 is 0. The van der Waals surface area contributed by atoms with Gasteiger partial charge in [-0.1, -0.05) is 25.0 Å². The largest absolute Gasteiger partial charge is 0.475 e. The first-order valence-electron chi connectivity index (χ1n) is 7.69. The van der Waals surface area contributed by atoms with Gasteiger partial charge < -0.3 is 15.8 Å². The molecule has 0 saturated heterocycles. The molecule has 5 nitrogen and oxygen atoms in total. The molecule has 1 heterocycles. The average Bonchev–Trinajstić information content (AvgIpc) is 2.50. The van der Waals surface area contributed by atoms with Gasteiger partial charge in [0, 0.05) is 12.1 Å². The molecule has 2 aromatic rings. The summed E-state index contributed by atoms with van der Waals surface area (Å²) < 4.78 is 5.64. The lowest BCUT2D eigenvalue weighted by molar-refractivity contribution is 0.326. The molecular formula is C16H22N4O. The van der Waals surface area contributed by atoms with Crippen LogP contribution < -0.4 is 15.8 Å². The third-order valence-corrected chi connectivity index (χ3v) is 3.96. The Hall–Kier alpha value is -1.88. The van der Waals surface area contributed by atoms with Crippen molar-refractivity contribution in [3.05, 3.63) is 24.3 Å². The van der Waals surface area contributed by atoms with E-state index >= 15 is 0 Å². The highest BCUT2D eigenvalue weighted by molar-refractivity contribution is 5.77. The Labute approximate surface area is 124 Å². The Morgan fingerprint density at radius 2 is 1.90 bits per heavy atom. The lowest BCUT2D eigenvalue weighted by Crippen LogP contribution is -2.42. The van der Waals surface area contributed by atoms with Crippen LogP contribution in [-0.2, 0) is 0 Å². The van der Waals surface area contributed by atoms with Crippen LogP contribution >= 0.6 is 0 Å². The van der Waals surface area contributed by atoms with Gasteiger partial charge in [-0.3, -0.25) is 0 Å². The number of rotatable bonds is 4. The Morgan fingerprint density at radius 1 is 1.19 bits per heavy atom. The van der Waals surface area contributed by atoms with E-state index in [2.05, 4.69) is 15.3 Å². The first-order chi connectivity index (χ1) is 10.3. The summed E-state index contributed by atoms with van der Waals surface area (Å²) in [6.07, 6.45) is 4.54. The van der Waals surface area contributed by atoms with Crippen molar-refractivity contribution in [1.29, 1.82) is 0 Å². The van der Waals surface area contributed by atoms with Crippen LogP contribution in [0.2, 0.25) is 0 Å². The van der Waals surface area contributed by atoms with Crippen LogP contribution in [0, 0.1) is 0 Å². The number of fused-ring (bicyclic) bond motifs is 1. The molecule has 0 aliphatic heterocycles. The number of benzene rings is 1. The second-order valence-corrected chi connectivity index (χ2v) is 5.50. The molecule has 2 atom stereocenters. The van der Waals surface area contributed by atoms with Gasteiger partial charge in [0.25, 0.3) is 5.88 Å². The SMILES string of the molecule is CCOc1nc2ccccc2nc1N[C@H]1CCCC[C@H]1N. The van der Waals surface area contributed by atoms with E-state index < -0.39 is 0 Å². The van der Waals surface area contributed by atoms with E-state index in [1.54, 1.807) is 0 Å².